The predicted octanol–water partition coefficient (Wildman–Crippen LogP) is 4.92. The first-order valence-electron chi connectivity index (χ1n) is 8.27. The van der Waals surface area contributed by atoms with Gasteiger partial charge in [0.25, 0.3) is 5.91 Å². The number of hydrogen-bond donors (Lipinski definition) is 0. The third kappa shape index (κ3) is 5.84. The molecule has 0 saturated heterocycles. The maximum atomic E-state index is 13.5. The van der Waals surface area contributed by atoms with Gasteiger partial charge in [0.2, 0.25) is 0 Å². The Morgan fingerprint density at radius 1 is 1.26 bits per heavy atom. The maximum Gasteiger partial charge on any atom is 0.252 e. The third-order valence-electron chi connectivity index (χ3n) is 3.76. The zero-order valence-electron chi connectivity index (χ0n) is 15.1. The fourth-order valence-corrected chi connectivity index (χ4v) is 4.12. The number of hydrogen-bond acceptors (Lipinski definition) is 5. The molecular weight excluding hydrogens is 405 g/mol. The number of nitrogens with zero attached hydrogens (tertiary/aromatic N) is 3. The summed E-state index contributed by atoms with van der Waals surface area (Å²) in [5.41, 5.74) is 0.707. The van der Waals surface area contributed by atoms with E-state index in [1.54, 1.807) is 28.4 Å². The van der Waals surface area contributed by atoms with Crippen molar-refractivity contribution in [2.24, 2.45) is 0 Å². The maximum absolute atomic E-state index is 13.5. The number of rotatable bonds is 7. The Morgan fingerprint density at radius 3 is 2.78 bits per heavy atom. The minimum absolute atomic E-state index is 0. The molecule has 0 aliphatic rings. The largest absolute Gasteiger partial charge is 0.309 e. The Morgan fingerprint density at radius 2 is 2.07 bits per heavy atom. The molecule has 4 nitrogen and oxygen atoms in total. The fraction of sp³-hybridized carbons (Fsp3) is 0.263. The minimum Gasteiger partial charge on any atom is -0.309 e. The summed E-state index contributed by atoms with van der Waals surface area (Å²) in [6, 6.07) is 8.41. The number of benzene rings is 1. The van der Waals surface area contributed by atoms with Gasteiger partial charge in [-0.15, -0.1) is 23.7 Å². The van der Waals surface area contributed by atoms with Crippen LogP contribution in [-0.4, -0.2) is 43.0 Å². The highest BCUT2D eigenvalue weighted by Crippen LogP contribution is 2.30. The number of thiazole rings is 1. The summed E-state index contributed by atoms with van der Waals surface area (Å²) in [5, 5.41) is 2.58. The lowest BCUT2D eigenvalue weighted by atomic mass is 10.3. The van der Waals surface area contributed by atoms with Crippen molar-refractivity contribution in [1.82, 2.24) is 9.88 Å². The fourth-order valence-electron chi connectivity index (χ4n) is 2.48. The number of carbonyl (C=O) groups excluding carboxylic acids is 1. The molecule has 0 aliphatic heterocycles. The van der Waals surface area contributed by atoms with Crippen LogP contribution in [0.4, 0.5) is 9.52 Å². The van der Waals surface area contributed by atoms with Gasteiger partial charge in [-0.2, -0.15) is 0 Å². The molecule has 0 atom stereocenters. The molecule has 2 heterocycles. The average molecular weight is 426 g/mol. The Balaban J connectivity index is 0.00000261. The van der Waals surface area contributed by atoms with Crippen LogP contribution < -0.4 is 4.90 Å². The molecule has 144 valence electrons. The van der Waals surface area contributed by atoms with Crippen molar-refractivity contribution >= 4 is 62.4 Å². The van der Waals surface area contributed by atoms with E-state index in [1.807, 2.05) is 37.7 Å². The summed E-state index contributed by atoms with van der Waals surface area (Å²) in [5.74, 6) is -0.410. The van der Waals surface area contributed by atoms with Crippen molar-refractivity contribution in [1.29, 1.82) is 0 Å². The first-order chi connectivity index (χ1) is 12.5. The standard InChI is InChI=1S/C19H20FN3OS2.ClH/c1-22(2)10-4-11-23(18(24)9-7-15-5-3-12-25-15)19-21-16-8-6-14(20)13-17(16)26-19;/h3,5-9,12-13H,4,10-11H2,1-2H3;1H/b9-7+;. The van der Waals surface area contributed by atoms with E-state index in [0.717, 1.165) is 22.5 Å². The normalized spacial score (nSPS) is 11.3. The summed E-state index contributed by atoms with van der Waals surface area (Å²) in [6.07, 6.45) is 4.23. The molecule has 3 rings (SSSR count). The van der Waals surface area contributed by atoms with Crippen LogP contribution in [0.5, 0.6) is 0 Å². The minimum atomic E-state index is -0.296. The Labute approximate surface area is 172 Å². The number of fused-ring (bicyclic) bond motifs is 1. The van der Waals surface area contributed by atoms with Gasteiger partial charge >= 0.3 is 0 Å². The van der Waals surface area contributed by atoms with Crippen molar-refractivity contribution in [3.8, 4) is 0 Å². The van der Waals surface area contributed by atoms with Gasteiger partial charge in [0.15, 0.2) is 5.13 Å². The second kappa shape index (κ2) is 9.94. The van der Waals surface area contributed by atoms with Crippen molar-refractivity contribution in [3.05, 3.63) is 52.5 Å². The summed E-state index contributed by atoms with van der Waals surface area (Å²) in [6.45, 7) is 1.44. The Hall–Kier alpha value is -1.80. The van der Waals surface area contributed by atoms with Crippen LogP contribution in [0.15, 0.2) is 41.8 Å². The molecular formula is C19H21ClFN3OS2. The van der Waals surface area contributed by atoms with E-state index >= 15 is 0 Å². The first kappa shape index (κ1) is 21.5. The van der Waals surface area contributed by atoms with E-state index < -0.39 is 0 Å². The van der Waals surface area contributed by atoms with E-state index in [2.05, 4.69) is 9.88 Å². The lowest BCUT2D eigenvalue weighted by Crippen LogP contribution is -2.32. The van der Waals surface area contributed by atoms with Crippen LogP contribution in [0, 0.1) is 5.82 Å². The highest BCUT2D eigenvalue weighted by atomic mass is 35.5. The van der Waals surface area contributed by atoms with Crippen molar-refractivity contribution < 1.29 is 9.18 Å². The number of carbonyl (C=O) groups is 1. The first-order valence-corrected chi connectivity index (χ1v) is 9.96. The summed E-state index contributed by atoms with van der Waals surface area (Å²) >= 11 is 2.92. The van der Waals surface area contributed by atoms with Gasteiger partial charge in [0, 0.05) is 17.5 Å². The van der Waals surface area contributed by atoms with Crippen LogP contribution >= 0.6 is 35.1 Å². The molecule has 1 amide bonds. The van der Waals surface area contributed by atoms with Crippen LogP contribution in [-0.2, 0) is 4.79 Å². The summed E-state index contributed by atoms with van der Waals surface area (Å²) in [4.78, 5) is 22.1. The smallest absolute Gasteiger partial charge is 0.252 e. The molecule has 3 aromatic rings. The van der Waals surface area contributed by atoms with Crippen LogP contribution in [0.25, 0.3) is 16.3 Å². The van der Waals surface area contributed by atoms with E-state index in [1.165, 1.54) is 23.5 Å². The zero-order valence-corrected chi connectivity index (χ0v) is 17.5. The van der Waals surface area contributed by atoms with Crippen molar-refractivity contribution in [2.45, 2.75) is 6.42 Å². The van der Waals surface area contributed by atoms with Crippen LogP contribution in [0.1, 0.15) is 11.3 Å². The molecule has 0 radical (unpaired) electrons. The quantitative estimate of drug-likeness (QED) is 0.504. The lowest BCUT2D eigenvalue weighted by molar-refractivity contribution is -0.114. The van der Waals surface area contributed by atoms with Crippen LogP contribution in [0.2, 0.25) is 0 Å². The highest BCUT2D eigenvalue weighted by molar-refractivity contribution is 7.22. The number of anilines is 1. The topological polar surface area (TPSA) is 36.4 Å². The molecule has 0 unspecified atom stereocenters. The van der Waals surface area contributed by atoms with Gasteiger partial charge in [-0.3, -0.25) is 9.69 Å². The number of aromatic nitrogens is 1. The molecule has 0 saturated carbocycles. The van der Waals surface area contributed by atoms with Gasteiger partial charge in [-0.25, -0.2) is 9.37 Å². The second-order valence-electron chi connectivity index (χ2n) is 6.10. The molecule has 0 spiro atoms. The molecule has 0 bridgehead atoms. The number of halogens is 2. The van der Waals surface area contributed by atoms with Gasteiger partial charge < -0.3 is 4.90 Å². The highest BCUT2D eigenvalue weighted by Gasteiger charge is 2.18. The van der Waals surface area contributed by atoms with Gasteiger partial charge in [-0.05, 0) is 62.8 Å². The molecule has 0 fully saturated rings. The Bertz CT molecular complexity index is 909. The SMILES string of the molecule is CN(C)CCCN(C(=O)/C=C/c1cccs1)c1nc2ccc(F)cc2s1.Cl. The van der Waals surface area contributed by atoms with Crippen molar-refractivity contribution in [2.75, 3.05) is 32.1 Å². The summed E-state index contributed by atoms with van der Waals surface area (Å²) < 4.78 is 14.2. The van der Waals surface area contributed by atoms with Gasteiger partial charge in [0.05, 0.1) is 10.2 Å². The van der Waals surface area contributed by atoms with E-state index in [-0.39, 0.29) is 24.1 Å². The Kier molecular flexibility index (Phi) is 7.91. The molecule has 27 heavy (non-hydrogen) atoms. The van der Waals surface area contributed by atoms with Gasteiger partial charge in [-0.1, -0.05) is 17.4 Å². The third-order valence-corrected chi connectivity index (χ3v) is 5.64. The van der Waals surface area contributed by atoms with E-state index in [4.69, 9.17) is 0 Å². The predicted molar refractivity (Wildman–Crippen MR) is 116 cm³/mol. The molecule has 1 aromatic carbocycles. The van der Waals surface area contributed by atoms with Gasteiger partial charge in [0.1, 0.15) is 5.82 Å². The van der Waals surface area contributed by atoms with E-state index in [9.17, 15) is 9.18 Å². The van der Waals surface area contributed by atoms with E-state index in [0.29, 0.717) is 17.2 Å². The summed E-state index contributed by atoms with van der Waals surface area (Å²) in [7, 11) is 4.01. The zero-order chi connectivity index (χ0) is 18.5. The molecule has 0 aliphatic carbocycles. The molecule has 0 N–H and O–H groups in total. The second-order valence-corrected chi connectivity index (χ2v) is 8.09. The van der Waals surface area contributed by atoms with Crippen LogP contribution in [0.3, 0.4) is 0 Å². The average Bonchev–Trinajstić information content (AvgIpc) is 3.25. The molecule has 8 heteroatoms. The monoisotopic (exact) mass is 425 g/mol. The number of amides is 1. The molecule has 2 aromatic heterocycles. The number of thiophene rings is 1. The van der Waals surface area contributed by atoms with Crippen molar-refractivity contribution in [3.63, 3.8) is 0 Å². The lowest BCUT2D eigenvalue weighted by Gasteiger charge is -2.19.